The lowest BCUT2D eigenvalue weighted by Gasteiger charge is -1.93. The van der Waals surface area contributed by atoms with Gasteiger partial charge in [0.15, 0.2) is 6.43 Å². The minimum absolute atomic E-state index is 0.963. The van der Waals surface area contributed by atoms with E-state index in [0.717, 1.165) is 14.9 Å². The Bertz CT molecular complexity index is 26.7. The summed E-state index contributed by atoms with van der Waals surface area (Å²) in [7, 11) is 1.13. The molecule has 6 heavy (non-hydrogen) atoms. The van der Waals surface area contributed by atoms with Crippen LogP contribution in [0.1, 0.15) is 6.92 Å². The molecule has 0 aromatic rings. The zero-order chi connectivity index (χ0) is 4.99. The molecule has 0 fully saturated rings. The molecule has 0 aliphatic rings. The molecule has 36 valence electrons. The molecule has 2 heteroatoms. The fraction of sp³-hybridized carbons (Fsp3) is 1.00. The Morgan fingerprint density at radius 3 is 2.17 bits per heavy atom. The van der Waals surface area contributed by atoms with Crippen LogP contribution in [0.25, 0.3) is 0 Å². The molecule has 0 spiro atoms. The summed E-state index contributed by atoms with van der Waals surface area (Å²) in [4.78, 5) is 0. The van der Waals surface area contributed by atoms with Crippen LogP contribution in [0.15, 0.2) is 0 Å². The molecule has 0 aromatic heterocycles. The van der Waals surface area contributed by atoms with E-state index in [9.17, 15) is 0 Å². The van der Waals surface area contributed by atoms with Gasteiger partial charge in [-0.3, -0.25) is 0 Å². The normalized spacial score (nSPS) is 10.5. The van der Waals surface area contributed by atoms with Gasteiger partial charge in [-0.2, -0.15) is 8.46 Å². The molecule has 0 radical (unpaired) electrons. The lowest BCUT2D eigenvalue weighted by Crippen LogP contribution is -1.91. The van der Waals surface area contributed by atoms with E-state index in [0.29, 0.717) is 0 Å². The SMILES string of the molecule is CCB(C)PC. The van der Waals surface area contributed by atoms with Crippen LogP contribution < -0.4 is 0 Å². The molecule has 0 heterocycles. The molecule has 0 aliphatic carbocycles. The number of hydrogen-bond donors (Lipinski definition) is 0. The second kappa shape index (κ2) is 3.68. The molecule has 0 nitrogen and oxygen atoms in total. The van der Waals surface area contributed by atoms with Gasteiger partial charge in [-0.25, -0.2) is 0 Å². The summed E-state index contributed by atoms with van der Waals surface area (Å²) in [5.74, 6) is 0. The molecule has 0 aliphatic heterocycles. The fourth-order valence-electron chi connectivity index (χ4n) is 0.204. The summed E-state index contributed by atoms with van der Waals surface area (Å²) >= 11 is 0. The summed E-state index contributed by atoms with van der Waals surface area (Å²) in [6.07, 6.45) is 2.31. The maximum Gasteiger partial charge on any atom is 0.163 e. The van der Waals surface area contributed by atoms with Gasteiger partial charge < -0.3 is 0 Å². The smallest absolute Gasteiger partial charge is 0.159 e. The summed E-state index contributed by atoms with van der Waals surface area (Å²) < 4.78 is 0. The standard InChI is InChI=1S/C4H12BP/c1-4-5(2)6-3/h6H,4H2,1-3H3. The van der Waals surface area contributed by atoms with Crippen LogP contribution in [0.4, 0.5) is 0 Å². The van der Waals surface area contributed by atoms with Crippen molar-refractivity contribution in [2.45, 2.75) is 20.1 Å². The summed E-state index contributed by atoms with van der Waals surface area (Å²) in [6.45, 7) is 6.79. The van der Waals surface area contributed by atoms with E-state index >= 15 is 0 Å². The van der Waals surface area contributed by atoms with E-state index < -0.39 is 0 Å². The van der Waals surface area contributed by atoms with Gasteiger partial charge in [-0.05, 0) is 0 Å². The van der Waals surface area contributed by atoms with Gasteiger partial charge in [0.2, 0.25) is 0 Å². The van der Waals surface area contributed by atoms with Gasteiger partial charge in [-0.15, -0.1) is 0 Å². The predicted octanol–water partition coefficient (Wildman–Crippen LogP) is 1.94. The van der Waals surface area contributed by atoms with Crippen LogP contribution in [0, 0.1) is 0 Å². The van der Waals surface area contributed by atoms with Crippen molar-refractivity contribution in [2.75, 3.05) is 6.66 Å². The zero-order valence-electron chi connectivity index (χ0n) is 4.78. The van der Waals surface area contributed by atoms with Gasteiger partial charge in [-0.1, -0.05) is 26.7 Å². The van der Waals surface area contributed by atoms with Gasteiger partial charge >= 0.3 is 0 Å². The lowest BCUT2D eigenvalue weighted by atomic mass is 9.76. The zero-order valence-corrected chi connectivity index (χ0v) is 5.78. The predicted molar refractivity (Wildman–Crippen MR) is 36.3 cm³/mol. The Labute approximate surface area is 42.5 Å². The Kier molecular flexibility index (Phi) is 3.98. The highest BCUT2D eigenvalue weighted by Crippen LogP contribution is 2.11. The number of hydrogen-bond acceptors (Lipinski definition) is 0. The van der Waals surface area contributed by atoms with Crippen LogP contribution >= 0.6 is 8.46 Å². The molecule has 0 amide bonds. The van der Waals surface area contributed by atoms with Crippen molar-refractivity contribution in [3.05, 3.63) is 0 Å². The molecular weight excluding hydrogens is 89.8 g/mol. The van der Waals surface area contributed by atoms with Crippen molar-refractivity contribution >= 4 is 14.9 Å². The largest absolute Gasteiger partial charge is 0.163 e. The van der Waals surface area contributed by atoms with E-state index in [2.05, 4.69) is 20.4 Å². The molecular formula is C4H12BP. The third-order valence-electron chi connectivity index (χ3n) is 1.11. The van der Waals surface area contributed by atoms with Crippen LogP contribution in [0.3, 0.4) is 0 Å². The first-order valence-electron chi connectivity index (χ1n) is 2.48. The van der Waals surface area contributed by atoms with Crippen LogP contribution in [0.5, 0.6) is 0 Å². The number of rotatable bonds is 2. The van der Waals surface area contributed by atoms with E-state index in [1.54, 1.807) is 0 Å². The highest BCUT2D eigenvalue weighted by Gasteiger charge is 1.94. The second-order valence-electron chi connectivity index (χ2n) is 1.60. The highest BCUT2D eigenvalue weighted by atomic mass is 31.1. The molecule has 1 unspecified atom stereocenters. The van der Waals surface area contributed by atoms with Crippen LogP contribution in [0.2, 0.25) is 13.1 Å². The molecule has 1 atom stereocenters. The third kappa shape index (κ3) is 2.72. The van der Waals surface area contributed by atoms with Gasteiger partial charge in [0.25, 0.3) is 0 Å². The van der Waals surface area contributed by atoms with Crippen LogP contribution in [-0.2, 0) is 0 Å². The maximum absolute atomic E-state index is 2.29. The third-order valence-corrected chi connectivity index (χ3v) is 2.50. The summed E-state index contributed by atoms with van der Waals surface area (Å²) in [5.41, 5.74) is 0. The van der Waals surface area contributed by atoms with Crippen molar-refractivity contribution in [3.63, 3.8) is 0 Å². The Morgan fingerprint density at radius 2 is 2.17 bits per heavy atom. The minimum Gasteiger partial charge on any atom is -0.159 e. The second-order valence-corrected chi connectivity index (χ2v) is 3.16. The molecule has 0 saturated carbocycles. The van der Waals surface area contributed by atoms with Gasteiger partial charge in [0.05, 0.1) is 0 Å². The highest BCUT2D eigenvalue weighted by molar-refractivity contribution is 7.75. The average Bonchev–Trinajstić information content (AvgIpc) is 1.65. The van der Waals surface area contributed by atoms with E-state index in [4.69, 9.17) is 0 Å². The fourth-order valence-corrected chi connectivity index (χ4v) is 0.612. The molecule has 0 bridgehead atoms. The topological polar surface area (TPSA) is 0 Å². The quantitative estimate of drug-likeness (QED) is 0.369. The van der Waals surface area contributed by atoms with Crippen molar-refractivity contribution in [2.24, 2.45) is 0 Å². The first kappa shape index (κ1) is 6.49. The van der Waals surface area contributed by atoms with Crippen molar-refractivity contribution in [1.82, 2.24) is 0 Å². The van der Waals surface area contributed by atoms with Gasteiger partial charge in [0, 0.05) is 0 Å². The molecule has 0 saturated heterocycles. The van der Waals surface area contributed by atoms with Crippen LogP contribution in [-0.4, -0.2) is 13.1 Å². The minimum atomic E-state index is 0.963. The summed E-state index contributed by atoms with van der Waals surface area (Å²) in [6, 6.07) is 0. The van der Waals surface area contributed by atoms with Crippen molar-refractivity contribution < 1.29 is 0 Å². The van der Waals surface area contributed by atoms with E-state index in [-0.39, 0.29) is 0 Å². The van der Waals surface area contributed by atoms with Crippen molar-refractivity contribution in [3.8, 4) is 0 Å². The first-order chi connectivity index (χ1) is 2.81. The average molecular weight is 102 g/mol. The molecule has 0 N–H and O–H groups in total. The van der Waals surface area contributed by atoms with E-state index in [1.807, 2.05) is 0 Å². The Hall–Kier alpha value is 0.495. The first-order valence-corrected chi connectivity index (χ1v) is 4.06. The summed E-state index contributed by atoms with van der Waals surface area (Å²) in [5, 5.41) is 0. The molecule has 0 aromatic carbocycles. The maximum atomic E-state index is 2.29. The van der Waals surface area contributed by atoms with Crippen molar-refractivity contribution in [1.29, 1.82) is 0 Å². The lowest BCUT2D eigenvalue weighted by molar-refractivity contribution is 1.45. The van der Waals surface area contributed by atoms with E-state index in [1.165, 1.54) is 6.32 Å². The molecule has 0 rings (SSSR count). The van der Waals surface area contributed by atoms with Gasteiger partial charge in [0.1, 0.15) is 0 Å². The Balaban J connectivity index is 2.75. The monoisotopic (exact) mass is 102 g/mol. The Morgan fingerprint density at radius 1 is 1.67 bits per heavy atom.